The van der Waals surface area contributed by atoms with Crippen LogP contribution < -0.4 is 30.8 Å². The van der Waals surface area contributed by atoms with Crippen molar-refractivity contribution in [3.05, 3.63) is 40.2 Å². The molecule has 2 saturated heterocycles. The first-order valence-electron chi connectivity index (χ1n) is 39.4. The van der Waals surface area contributed by atoms with Gasteiger partial charge < -0.3 is 87.4 Å². The minimum atomic E-state index is -0.910. The van der Waals surface area contributed by atoms with E-state index < -0.39 is 81.7 Å². The lowest BCUT2D eigenvalue weighted by Crippen LogP contribution is -2.52. The Hall–Kier alpha value is -8.27. The van der Waals surface area contributed by atoms with Crippen molar-refractivity contribution >= 4 is 71.3 Å². The Balaban J connectivity index is 1.48. The minimum absolute atomic E-state index is 0.00142. The Bertz CT molecular complexity index is 3160. The van der Waals surface area contributed by atoms with E-state index in [1.807, 2.05) is 0 Å². The van der Waals surface area contributed by atoms with Gasteiger partial charge in [-0.15, -0.1) is 0 Å². The summed E-state index contributed by atoms with van der Waals surface area (Å²) in [6.45, 7) is 34.1. The van der Waals surface area contributed by atoms with Crippen LogP contribution in [0.3, 0.4) is 0 Å². The summed E-state index contributed by atoms with van der Waals surface area (Å²) in [5.74, 6) is -0.0164. The quantitative estimate of drug-likeness (QED) is 0.0452. The largest absolute Gasteiger partial charge is 0.493 e. The van der Waals surface area contributed by atoms with E-state index in [-0.39, 0.29) is 147 Å². The Labute approximate surface area is 642 Å². The number of amides is 7. The summed E-state index contributed by atoms with van der Waals surface area (Å²) in [4.78, 5) is 140. The van der Waals surface area contributed by atoms with E-state index in [1.54, 1.807) is 153 Å². The van der Waals surface area contributed by atoms with Gasteiger partial charge in [-0.2, -0.15) is 15.0 Å². The summed E-state index contributed by atoms with van der Waals surface area (Å²) >= 11 is 0. The number of carbonyl (C=O) groups is 7. The Morgan fingerprint density at radius 1 is 0.389 bits per heavy atom. The average Bonchev–Trinajstić information content (AvgIpc) is 0.807. The van der Waals surface area contributed by atoms with Gasteiger partial charge in [0, 0.05) is 129 Å². The third kappa shape index (κ3) is 35.4. The second kappa shape index (κ2) is 42.6. The summed E-state index contributed by atoms with van der Waals surface area (Å²) in [6.07, 6.45) is 16.5. The standard InChI is InChI=1S/C79H133N13O16/c1-20-21-22-23-24-25-26-27-28-29-30-31-32-33-34-35-56-101-60-37-36-59-57-61(64(94)102-62(59)58-60)63(93)80-38-39-81-65-82-66(85-40-44-87(68(95)103-74(2,3)4)48-52-91(72(99)107-78(14,15)16)53-49-88(45-41-85)69(96)104-75(5,6)7)84-67(83-65)86-42-46-89(70(97)105-76(8,9)10)50-54-92(73(100)108-79(17,18)19)55-51-90(47-43-86)71(98)106-77(11,12)13/h36-37,57-58H,20-35,38-56H2,1-19H3,(H,80,93)(H,81,82,83,84). The van der Waals surface area contributed by atoms with Gasteiger partial charge in [0.15, 0.2) is 0 Å². The molecule has 3 aromatic rings. The molecule has 0 saturated carbocycles. The van der Waals surface area contributed by atoms with E-state index in [0.29, 0.717) is 17.7 Å². The Morgan fingerprint density at radius 2 is 0.685 bits per heavy atom. The number of hydrogen-bond acceptors (Lipinski definition) is 22. The van der Waals surface area contributed by atoms with Crippen molar-refractivity contribution in [2.75, 3.05) is 140 Å². The van der Waals surface area contributed by atoms with Gasteiger partial charge in [-0.1, -0.05) is 103 Å². The number of aromatic nitrogens is 3. The number of nitrogens with one attached hydrogen (secondary N) is 2. The van der Waals surface area contributed by atoms with Gasteiger partial charge in [0.1, 0.15) is 50.5 Å². The third-order valence-electron chi connectivity index (χ3n) is 17.1. The molecule has 7 amide bonds. The predicted octanol–water partition coefficient (Wildman–Crippen LogP) is 14.5. The van der Waals surface area contributed by atoms with E-state index in [2.05, 4.69) is 17.6 Å². The fourth-order valence-corrected chi connectivity index (χ4v) is 11.6. The molecule has 29 heteroatoms. The maximum absolute atomic E-state index is 14.3. The van der Waals surface area contributed by atoms with Gasteiger partial charge in [0.05, 0.1) is 6.61 Å². The molecule has 4 heterocycles. The van der Waals surface area contributed by atoms with Crippen LogP contribution in [0.25, 0.3) is 11.0 Å². The van der Waals surface area contributed by atoms with E-state index in [1.165, 1.54) is 119 Å². The fourth-order valence-electron chi connectivity index (χ4n) is 11.6. The summed E-state index contributed by atoms with van der Waals surface area (Å²) < 4.78 is 47.3. The van der Waals surface area contributed by atoms with E-state index >= 15 is 0 Å². The summed E-state index contributed by atoms with van der Waals surface area (Å²) in [5, 5.41) is 6.59. The Kier molecular flexibility index (Phi) is 35.7. The van der Waals surface area contributed by atoms with Crippen molar-refractivity contribution in [2.24, 2.45) is 0 Å². The van der Waals surface area contributed by atoms with Crippen LogP contribution in [0, 0.1) is 0 Å². The maximum atomic E-state index is 14.3. The van der Waals surface area contributed by atoms with E-state index in [9.17, 15) is 38.4 Å². The molecular weight excluding hydrogens is 1390 g/mol. The molecule has 2 aliphatic rings. The van der Waals surface area contributed by atoms with Gasteiger partial charge in [-0.3, -0.25) is 4.79 Å². The van der Waals surface area contributed by atoms with Crippen LogP contribution in [0.5, 0.6) is 5.75 Å². The number of unbranched alkanes of at least 4 members (excludes halogenated alkanes) is 15. The first kappa shape index (κ1) is 90.3. The van der Waals surface area contributed by atoms with Crippen molar-refractivity contribution in [1.29, 1.82) is 0 Å². The SMILES string of the molecule is CCCCCCCCCCCCCCCCCCOc1ccc2cc(C(=O)NCCNc3nc(N4CCN(C(=O)OC(C)(C)C)CCN(C(=O)OC(C)(C)C)CCN(C(=O)OC(C)(C)C)CC4)nc(N4CCN(C(=O)OC(C)(C)C)CCN(C(=O)OC(C)(C)C)CCN(C(=O)OC(C)(C)C)CC4)n3)c(=O)oc2c1. The van der Waals surface area contributed by atoms with Crippen molar-refractivity contribution in [2.45, 2.75) is 268 Å². The van der Waals surface area contributed by atoms with Crippen LogP contribution in [0.2, 0.25) is 0 Å². The smallest absolute Gasteiger partial charge is 0.410 e. The molecule has 2 N–H and O–H groups in total. The predicted molar refractivity (Wildman–Crippen MR) is 419 cm³/mol. The summed E-state index contributed by atoms with van der Waals surface area (Å²) in [6, 6.07) is 6.69. The highest BCUT2D eigenvalue weighted by molar-refractivity contribution is 5.96. The second-order valence-electron chi connectivity index (χ2n) is 34.0. The summed E-state index contributed by atoms with van der Waals surface area (Å²) in [7, 11) is 0. The lowest BCUT2D eigenvalue weighted by atomic mass is 10.0. The highest BCUT2D eigenvalue weighted by Crippen LogP contribution is 2.25. The highest BCUT2D eigenvalue weighted by Gasteiger charge is 2.34. The number of rotatable bonds is 25. The second-order valence-corrected chi connectivity index (χ2v) is 34.0. The molecule has 0 unspecified atom stereocenters. The van der Waals surface area contributed by atoms with Crippen LogP contribution in [0.1, 0.15) is 245 Å². The number of nitrogens with zero attached hydrogens (tertiary/aromatic N) is 11. The fraction of sp³-hybridized carbons (Fsp3) is 0.759. The van der Waals surface area contributed by atoms with Crippen molar-refractivity contribution < 1.29 is 71.1 Å². The topological polar surface area (TPSA) is 303 Å². The lowest BCUT2D eigenvalue weighted by Gasteiger charge is -2.36. The third-order valence-corrected chi connectivity index (χ3v) is 17.1. The molecular formula is C79H133N13O16. The van der Waals surface area contributed by atoms with Gasteiger partial charge in [0.2, 0.25) is 17.8 Å². The van der Waals surface area contributed by atoms with Gasteiger partial charge in [-0.25, -0.2) is 33.6 Å². The molecule has 0 spiro atoms. The van der Waals surface area contributed by atoms with Crippen LogP contribution in [0.15, 0.2) is 33.5 Å². The number of anilines is 3. The number of ether oxygens (including phenoxy) is 7. The molecule has 108 heavy (non-hydrogen) atoms. The van der Waals surface area contributed by atoms with E-state index in [4.69, 9.17) is 52.5 Å². The molecule has 1 aromatic carbocycles. The molecule has 0 aliphatic carbocycles. The average molecular weight is 1520 g/mol. The van der Waals surface area contributed by atoms with Crippen LogP contribution in [-0.2, 0) is 28.4 Å². The van der Waals surface area contributed by atoms with Gasteiger partial charge in [-0.05, 0) is 149 Å². The number of hydrogen-bond donors (Lipinski definition) is 2. The van der Waals surface area contributed by atoms with Crippen LogP contribution in [-0.4, -0.2) is 245 Å². The molecule has 0 bridgehead atoms. The number of carbonyl (C=O) groups excluding carboxylic acids is 7. The Morgan fingerprint density at radius 3 is 0.991 bits per heavy atom. The first-order chi connectivity index (χ1) is 50.5. The molecule has 0 atom stereocenters. The minimum Gasteiger partial charge on any atom is -0.493 e. The molecule has 2 aromatic heterocycles. The molecule has 2 aliphatic heterocycles. The molecule has 610 valence electrons. The molecule has 2 fully saturated rings. The maximum Gasteiger partial charge on any atom is 0.410 e. The summed E-state index contributed by atoms with van der Waals surface area (Å²) in [5.41, 5.74) is -6.14. The van der Waals surface area contributed by atoms with Crippen LogP contribution >= 0.6 is 0 Å². The van der Waals surface area contributed by atoms with Gasteiger partial charge >= 0.3 is 42.2 Å². The highest BCUT2D eigenvalue weighted by atomic mass is 16.6. The zero-order valence-electron chi connectivity index (χ0n) is 69.0. The van der Waals surface area contributed by atoms with Crippen molar-refractivity contribution in [3.8, 4) is 5.75 Å². The number of benzene rings is 1. The number of fused-ring (bicyclic) bond motifs is 1. The zero-order chi connectivity index (χ0) is 80.0. The van der Waals surface area contributed by atoms with Crippen LogP contribution in [0.4, 0.5) is 46.6 Å². The zero-order valence-corrected chi connectivity index (χ0v) is 69.0. The van der Waals surface area contributed by atoms with Crippen molar-refractivity contribution in [1.82, 2.24) is 49.7 Å². The molecule has 29 nitrogen and oxygen atoms in total. The lowest BCUT2D eigenvalue weighted by molar-refractivity contribution is 0.00797. The van der Waals surface area contributed by atoms with Gasteiger partial charge in [0.25, 0.3) is 5.91 Å². The monoisotopic (exact) mass is 1520 g/mol. The van der Waals surface area contributed by atoms with Crippen molar-refractivity contribution in [3.63, 3.8) is 0 Å². The first-order valence-corrected chi connectivity index (χ1v) is 39.4. The molecule has 5 rings (SSSR count). The molecule has 0 radical (unpaired) electrons. The normalized spacial score (nSPS) is 15.4. The van der Waals surface area contributed by atoms with E-state index in [0.717, 1.165) is 19.3 Å².